The second kappa shape index (κ2) is 3.37. The molecule has 0 saturated heterocycles. The Bertz CT molecular complexity index is 304. The lowest BCUT2D eigenvalue weighted by Gasteiger charge is -2.19. The van der Waals surface area contributed by atoms with E-state index in [0.717, 1.165) is 16.2 Å². The zero-order chi connectivity index (χ0) is 9.35. The van der Waals surface area contributed by atoms with Gasteiger partial charge in [-0.25, -0.2) is 0 Å². The summed E-state index contributed by atoms with van der Waals surface area (Å²) in [5, 5.41) is 0.721. The normalized spacial score (nSPS) is 30.5. The van der Waals surface area contributed by atoms with Gasteiger partial charge in [-0.15, -0.1) is 0 Å². The van der Waals surface area contributed by atoms with Crippen LogP contribution in [0.2, 0.25) is 0 Å². The van der Waals surface area contributed by atoms with Crippen LogP contribution in [0.4, 0.5) is 0 Å². The molecule has 0 aromatic carbocycles. The van der Waals surface area contributed by atoms with Crippen LogP contribution in [-0.2, 0) is 9.09 Å². The maximum Gasteiger partial charge on any atom is 0.229 e. The molecule has 1 atom stereocenters. The molecule has 2 nitrogen and oxygen atoms in total. The number of hydrogen-bond acceptors (Lipinski definition) is 2. The summed E-state index contributed by atoms with van der Waals surface area (Å²) in [6, 6.07) is 0. The van der Waals surface area contributed by atoms with E-state index < -0.39 is 7.37 Å². The van der Waals surface area contributed by atoms with Crippen molar-refractivity contribution in [2.75, 3.05) is 13.3 Å². The molecule has 12 heavy (non-hydrogen) atoms. The Balaban J connectivity index is 3.07. The van der Waals surface area contributed by atoms with Crippen LogP contribution in [0.5, 0.6) is 0 Å². The minimum Gasteiger partial charge on any atom is -0.329 e. The monoisotopic (exact) mass is 206 g/mol. The Hall–Kier alpha value is -0.0400. The first kappa shape index (κ1) is 10.0. The van der Waals surface area contributed by atoms with Gasteiger partial charge < -0.3 is 4.52 Å². The average molecular weight is 207 g/mol. The molecular weight excluding hydrogens is 195 g/mol. The van der Waals surface area contributed by atoms with E-state index in [1.807, 2.05) is 13.8 Å². The van der Waals surface area contributed by atoms with Crippen LogP contribution in [0.15, 0.2) is 22.0 Å². The molecule has 0 radical (unpaired) electrons. The third kappa shape index (κ3) is 1.82. The van der Waals surface area contributed by atoms with Crippen molar-refractivity contribution < 1.29 is 9.09 Å². The molecule has 0 saturated carbocycles. The lowest BCUT2D eigenvalue weighted by molar-refractivity contribution is 0.403. The van der Waals surface area contributed by atoms with Crippen molar-refractivity contribution in [1.29, 1.82) is 0 Å². The quantitative estimate of drug-likeness (QED) is 0.615. The van der Waals surface area contributed by atoms with E-state index >= 15 is 0 Å². The molecule has 1 aliphatic heterocycles. The van der Waals surface area contributed by atoms with E-state index in [2.05, 4.69) is 0 Å². The van der Waals surface area contributed by atoms with Crippen LogP contribution >= 0.6 is 19.0 Å². The Labute approximate surface area is 77.7 Å². The summed E-state index contributed by atoms with van der Waals surface area (Å²) in [4.78, 5) is 0. The molecule has 0 N–H and O–H groups in total. The highest BCUT2D eigenvalue weighted by Gasteiger charge is 2.25. The Kier molecular flexibility index (Phi) is 2.82. The lowest BCUT2D eigenvalue weighted by Crippen LogP contribution is -2.00. The largest absolute Gasteiger partial charge is 0.329 e. The number of allylic oxidation sites excluding steroid dienone is 3. The maximum atomic E-state index is 11.8. The first-order valence-electron chi connectivity index (χ1n) is 3.68. The standard InChI is InChI=1S/C8H12ClO2P/c1-6-4-12(10,11-3)5-7(2)8(6)9/h4H,5H2,1-3H3. The molecule has 0 aromatic heterocycles. The van der Waals surface area contributed by atoms with E-state index in [9.17, 15) is 4.57 Å². The van der Waals surface area contributed by atoms with Crippen LogP contribution in [0.25, 0.3) is 0 Å². The second-order valence-electron chi connectivity index (χ2n) is 2.97. The van der Waals surface area contributed by atoms with Gasteiger partial charge in [-0.1, -0.05) is 11.6 Å². The van der Waals surface area contributed by atoms with Crippen molar-refractivity contribution >= 4 is 19.0 Å². The summed E-state index contributed by atoms with van der Waals surface area (Å²) >= 11 is 5.94. The molecule has 1 aliphatic rings. The van der Waals surface area contributed by atoms with E-state index in [-0.39, 0.29) is 0 Å². The van der Waals surface area contributed by atoms with Gasteiger partial charge in [0.25, 0.3) is 0 Å². The fourth-order valence-corrected chi connectivity index (χ4v) is 3.41. The molecular formula is C8H12ClO2P. The summed E-state index contributed by atoms with van der Waals surface area (Å²) in [5.74, 6) is 1.64. The van der Waals surface area contributed by atoms with Gasteiger partial charge in [-0.2, -0.15) is 0 Å². The summed E-state index contributed by atoms with van der Waals surface area (Å²) in [6.07, 6.45) is 0.444. The van der Waals surface area contributed by atoms with Crippen molar-refractivity contribution in [2.24, 2.45) is 0 Å². The Morgan fingerprint density at radius 3 is 2.58 bits per heavy atom. The molecule has 68 valence electrons. The van der Waals surface area contributed by atoms with Crippen molar-refractivity contribution in [3.63, 3.8) is 0 Å². The van der Waals surface area contributed by atoms with E-state index in [1.165, 1.54) is 7.11 Å². The first-order chi connectivity index (χ1) is 5.48. The third-order valence-corrected chi connectivity index (χ3v) is 4.81. The van der Waals surface area contributed by atoms with Gasteiger partial charge in [0.2, 0.25) is 7.37 Å². The summed E-state index contributed by atoms with van der Waals surface area (Å²) in [7, 11) is -1.08. The fraction of sp³-hybridized carbons (Fsp3) is 0.500. The maximum absolute atomic E-state index is 11.8. The topological polar surface area (TPSA) is 26.3 Å². The third-order valence-electron chi connectivity index (χ3n) is 1.88. The molecule has 1 unspecified atom stereocenters. The van der Waals surface area contributed by atoms with Gasteiger partial charge in [0.15, 0.2) is 0 Å². The van der Waals surface area contributed by atoms with Gasteiger partial charge in [-0.3, -0.25) is 4.57 Å². The van der Waals surface area contributed by atoms with Crippen molar-refractivity contribution in [1.82, 2.24) is 0 Å². The summed E-state index contributed by atoms with van der Waals surface area (Å²) < 4.78 is 16.7. The van der Waals surface area contributed by atoms with Gasteiger partial charge in [0.05, 0.1) is 6.16 Å². The number of rotatable bonds is 1. The van der Waals surface area contributed by atoms with Crippen LogP contribution < -0.4 is 0 Å². The van der Waals surface area contributed by atoms with E-state index in [1.54, 1.807) is 5.82 Å². The van der Waals surface area contributed by atoms with Gasteiger partial charge in [-0.05, 0) is 25.0 Å². The summed E-state index contributed by atoms with van der Waals surface area (Å²) in [5.41, 5.74) is 1.80. The Morgan fingerprint density at radius 2 is 2.17 bits per heavy atom. The molecule has 4 heteroatoms. The van der Waals surface area contributed by atoms with Crippen LogP contribution in [0, 0.1) is 0 Å². The zero-order valence-electron chi connectivity index (χ0n) is 7.43. The minimum atomic E-state index is -2.55. The van der Waals surface area contributed by atoms with Crippen molar-refractivity contribution in [3.05, 3.63) is 22.0 Å². The number of halogens is 1. The molecule has 0 spiro atoms. The highest BCUT2D eigenvalue weighted by molar-refractivity contribution is 7.62. The summed E-state index contributed by atoms with van der Waals surface area (Å²) in [6.45, 7) is 3.72. The van der Waals surface area contributed by atoms with Crippen molar-refractivity contribution in [3.8, 4) is 0 Å². The predicted molar refractivity (Wildman–Crippen MR) is 51.8 cm³/mol. The van der Waals surface area contributed by atoms with Crippen LogP contribution in [-0.4, -0.2) is 13.3 Å². The average Bonchev–Trinajstić information content (AvgIpc) is 2.00. The van der Waals surface area contributed by atoms with Crippen LogP contribution in [0.1, 0.15) is 13.8 Å². The highest BCUT2D eigenvalue weighted by atomic mass is 35.5. The zero-order valence-corrected chi connectivity index (χ0v) is 9.08. The molecule has 1 heterocycles. The molecule has 0 amide bonds. The Morgan fingerprint density at radius 1 is 1.58 bits per heavy atom. The first-order valence-corrected chi connectivity index (χ1v) is 5.94. The van der Waals surface area contributed by atoms with Gasteiger partial charge >= 0.3 is 0 Å². The van der Waals surface area contributed by atoms with Gasteiger partial charge in [0, 0.05) is 18.0 Å². The molecule has 1 rings (SSSR count). The minimum absolute atomic E-state index is 0.444. The van der Waals surface area contributed by atoms with Crippen molar-refractivity contribution in [2.45, 2.75) is 13.8 Å². The fourth-order valence-electron chi connectivity index (χ4n) is 1.25. The highest BCUT2D eigenvalue weighted by Crippen LogP contribution is 2.54. The van der Waals surface area contributed by atoms with Gasteiger partial charge in [0.1, 0.15) is 0 Å². The predicted octanol–water partition coefficient (Wildman–Crippen LogP) is 3.34. The van der Waals surface area contributed by atoms with Crippen LogP contribution in [0.3, 0.4) is 0 Å². The lowest BCUT2D eigenvalue weighted by atomic mass is 10.2. The van der Waals surface area contributed by atoms with E-state index in [0.29, 0.717) is 6.16 Å². The van der Waals surface area contributed by atoms with E-state index in [4.69, 9.17) is 16.1 Å². The molecule has 0 bridgehead atoms. The number of hydrogen-bond donors (Lipinski definition) is 0. The second-order valence-corrected chi connectivity index (χ2v) is 5.74. The smallest absolute Gasteiger partial charge is 0.229 e. The SMILES string of the molecule is COP1(=O)C=C(C)C(Cl)=C(C)C1. The molecule has 0 fully saturated rings. The molecule has 0 aromatic rings. The molecule has 0 aliphatic carbocycles.